The van der Waals surface area contributed by atoms with Crippen molar-refractivity contribution in [2.24, 2.45) is 0 Å². The zero-order chi connectivity index (χ0) is 30.4. The van der Waals surface area contributed by atoms with Gasteiger partial charge in [0.25, 0.3) is 0 Å². The molecular formula is C30H31FN4O6S. The fraction of sp³-hybridized carbons (Fsp3) is 0.267. The SMILES string of the molecule is COc1ccc(C(CC(=O)O)C(=O)N(CC(=O)Nc2[nH]c(-c3ccc(F)s3)nc2-c2ccccc2)C(C)C)cc1OC. The summed E-state index contributed by atoms with van der Waals surface area (Å²) in [7, 11) is 2.92. The summed E-state index contributed by atoms with van der Waals surface area (Å²) in [6.45, 7) is 3.13. The molecule has 0 saturated heterocycles. The summed E-state index contributed by atoms with van der Waals surface area (Å²) in [5.41, 5.74) is 1.59. The van der Waals surface area contributed by atoms with Gasteiger partial charge in [-0.2, -0.15) is 4.39 Å². The normalized spacial score (nSPS) is 11.7. The molecular weight excluding hydrogens is 563 g/mol. The Balaban J connectivity index is 1.62. The molecule has 0 fully saturated rings. The highest BCUT2D eigenvalue weighted by molar-refractivity contribution is 7.13. The maximum Gasteiger partial charge on any atom is 0.304 e. The van der Waals surface area contributed by atoms with Gasteiger partial charge in [-0.1, -0.05) is 36.4 Å². The van der Waals surface area contributed by atoms with Gasteiger partial charge < -0.3 is 29.8 Å². The lowest BCUT2D eigenvalue weighted by Crippen LogP contribution is -2.45. The summed E-state index contributed by atoms with van der Waals surface area (Å²) in [5.74, 6) is -1.86. The number of anilines is 1. The van der Waals surface area contributed by atoms with Crippen molar-refractivity contribution in [3.8, 4) is 33.5 Å². The van der Waals surface area contributed by atoms with Crippen LogP contribution in [0.2, 0.25) is 0 Å². The van der Waals surface area contributed by atoms with Crippen LogP contribution in [0.3, 0.4) is 0 Å². The van der Waals surface area contributed by atoms with Gasteiger partial charge in [-0.05, 0) is 43.7 Å². The highest BCUT2D eigenvalue weighted by Crippen LogP contribution is 2.34. The lowest BCUT2D eigenvalue weighted by atomic mass is 9.93. The molecule has 2 aromatic heterocycles. The number of H-pyrrole nitrogens is 1. The molecule has 1 unspecified atom stereocenters. The molecule has 4 aromatic rings. The summed E-state index contributed by atoms with van der Waals surface area (Å²) in [6, 6.07) is 16.4. The van der Waals surface area contributed by atoms with E-state index in [1.165, 1.54) is 25.2 Å². The molecule has 1 atom stereocenters. The zero-order valence-corrected chi connectivity index (χ0v) is 24.3. The second-order valence-electron chi connectivity index (χ2n) is 9.65. The average molecular weight is 595 g/mol. The Labute approximate surface area is 246 Å². The smallest absolute Gasteiger partial charge is 0.304 e. The van der Waals surface area contributed by atoms with Crippen LogP contribution < -0.4 is 14.8 Å². The quantitative estimate of drug-likeness (QED) is 0.200. The number of imidazole rings is 1. The molecule has 12 heteroatoms. The Morgan fingerprint density at radius 1 is 1.05 bits per heavy atom. The Hall–Kier alpha value is -4.71. The second kappa shape index (κ2) is 13.3. The summed E-state index contributed by atoms with van der Waals surface area (Å²) in [4.78, 5) is 48.5. The third-order valence-electron chi connectivity index (χ3n) is 6.53. The fourth-order valence-corrected chi connectivity index (χ4v) is 5.14. The average Bonchev–Trinajstić information content (AvgIpc) is 3.60. The summed E-state index contributed by atoms with van der Waals surface area (Å²) >= 11 is 0.915. The van der Waals surface area contributed by atoms with Crippen molar-refractivity contribution < 1.29 is 33.4 Å². The third kappa shape index (κ3) is 6.95. The number of nitrogens with zero attached hydrogens (tertiary/aromatic N) is 2. The highest BCUT2D eigenvalue weighted by atomic mass is 32.1. The molecule has 0 radical (unpaired) electrons. The number of hydrogen-bond donors (Lipinski definition) is 3. The minimum absolute atomic E-state index is 0.285. The molecule has 2 amide bonds. The van der Waals surface area contributed by atoms with Crippen LogP contribution in [0.25, 0.3) is 22.0 Å². The largest absolute Gasteiger partial charge is 0.493 e. The molecule has 220 valence electrons. The molecule has 0 bridgehead atoms. The monoisotopic (exact) mass is 594 g/mol. The molecule has 0 aliphatic carbocycles. The van der Waals surface area contributed by atoms with E-state index in [4.69, 9.17) is 9.47 Å². The van der Waals surface area contributed by atoms with Gasteiger partial charge in [0, 0.05) is 11.6 Å². The minimum Gasteiger partial charge on any atom is -0.493 e. The molecule has 0 saturated carbocycles. The van der Waals surface area contributed by atoms with Gasteiger partial charge >= 0.3 is 5.97 Å². The standard InChI is InChI=1S/C30H31FN4O6S/c1-17(2)35(30(39)20(15-26(37)38)19-10-11-21(40-3)22(14-19)41-4)16-25(36)32-29-27(18-8-6-5-7-9-18)33-28(34-29)23-12-13-24(31)42-23/h5-14,17,20H,15-16H2,1-4H3,(H,32,36)(H,33,34)(H,37,38). The molecule has 10 nitrogen and oxygen atoms in total. The molecule has 0 spiro atoms. The number of hydrogen-bond acceptors (Lipinski definition) is 7. The molecule has 2 aromatic carbocycles. The van der Waals surface area contributed by atoms with Gasteiger partial charge in [0.2, 0.25) is 11.8 Å². The van der Waals surface area contributed by atoms with Crippen LogP contribution in [0.1, 0.15) is 31.7 Å². The van der Waals surface area contributed by atoms with Crippen molar-refractivity contribution in [2.45, 2.75) is 32.2 Å². The summed E-state index contributed by atoms with van der Waals surface area (Å²) in [6.07, 6.45) is -0.488. The van der Waals surface area contributed by atoms with E-state index in [-0.39, 0.29) is 17.5 Å². The predicted molar refractivity (Wildman–Crippen MR) is 157 cm³/mol. The zero-order valence-electron chi connectivity index (χ0n) is 23.5. The van der Waals surface area contributed by atoms with Crippen molar-refractivity contribution >= 4 is 34.9 Å². The maximum absolute atomic E-state index is 13.8. The number of aliphatic carboxylic acids is 1. The van der Waals surface area contributed by atoms with E-state index in [9.17, 15) is 23.9 Å². The number of carboxylic acids is 1. The van der Waals surface area contributed by atoms with E-state index in [2.05, 4.69) is 15.3 Å². The lowest BCUT2D eigenvalue weighted by molar-refractivity contribution is -0.143. The van der Waals surface area contributed by atoms with Crippen LogP contribution in [0.15, 0.2) is 60.7 Å². The highest BCUT2D eigenvalue weighted by Gasteiger charge is 2.32. The summed E-state index contributed by atoms with van der Waals surface area (Å²) < 4.78 is 24.3. The van der Waals surface area contributed by atoms with Gasteiger partial charge in [-0.3, -0.25) is 14.4 Å². The van der Waals surface area contributed by atoms with Crippen LogP contribution in [0, 0.1) is 5.13 Å². The Morgan fingerprint density at radius 2 is 1.76 bits per heavy atom. The number of methoxy groups -OCH3 is 2. The Morgan fingerprint density at radius 3 is 2.36 bits per heavy atom. The van der Waals surface area contributed by atoms with Gasteiger partial charge in [0.1, 0.15) is 23.9 Å². The second-order valence-corrected chi connectivity index (χ2v) is 10.7. The number of carbonyl (C=O) groups excluding carboxylic acids is 2. The van der Waals surface area contributed by atoms with Gasteiger partial charge in [-0.25, -0.2) is 4.98 Å². The lowest BCUT2D eigenvalue weighted by Gasteiger charge is -2.30. The number of ether oxygens (including phenoxy) is 2. The van der Waals surface area contributed by atoms with E-state index in [0.29, 0.717) is 33.5 Å². The molecule has 4 rings (SSSR count). The van der Waals surface area contributed by atoms with Crippen molar-refractivity contribution in [3.05, 3.63) is 71.4 Å². The number of carboxylic acid groups (broad SMARTS) is 1. The van der Waals surface area contributed by atoms with Gasteiger partial charge in [0.05, 0.1) is 31.4 Å². The number of benzene rings is 2. The van der Waals surface area contributed by atoms with E-state index < -0.39 is 36.2 Å². The number of amides is 2. The van der Waals surface area contributed by atoms with Crippen LogP contribution in [0.4, 0.5) is 10.2 Å². The van der Waals surface area contributed by atoms with Crippen molar-refractivity contribution in [2.75, 3.05) is 26.1 Å². The van der Waals surface area contributed by atoms with Gasteiger partial charge in [-0.15, -0.1) is 11.3 Å². The van der Waals surface area contributed by atoms with Crippen LogP contribution >= 0.6 is 11.3 Å². The molecule has 3 N–H and O–H groups in total. The van der Waals surface area contributed by atoms with E-state index >= 15 is 0 Å². The first kappa shape index (κ1) is 30.3. The van der Waals surface area contributed by atoms with E-state index in [1.54, 1.807) is 38.1 Å². The molecule has 42 heavy (non-hydrogen) atoms. The van der Waals surface area contributed by atoms with Crippen molar-refractivity contribution in [3.63, 3.8) is 0 Å². The minimum atomic E-state index is -1.17. The van der Waals surface area contributed by atoms with Crippen molar-refractivity contribution in [1.29, 1.82) is 0 Å². The van der Waals surface area contributed by atoms with Crippen LogP contribution in [-0.2, 0) is 14.4 Å². The number of carbonyl (C=O) groups is 3. The summed E-state index contributed by atoms with van der Waals surface area (Å²) in [5, 5.41) is 12.1. The first-order valence-corrected chi connectivity index (χ1v) is 13.9. The number of nitrogens with one attached hydrogen (secondary N) is 2. The number of aromatic amines is 1. The molecule has 2 heterocycles. The molecule has 0 aliphatic heterocycles. The Kier molecular flexibility index (Phi) is 9.58. The third-order valence-corrected chi connectivity index (χ3v) is 7.41. The molecule has 0 aliphatic rings. The number of thiophene rings is 1. The number of halogens is 1. The van der Waals surface area contributed by atoms with E-state index in [1.807, 2.05) is 30.3 Å². The first-order chi connectivity index (χ1) is 20.1. The van der Waals surface area contributed by atoms with Gasteiger partial charge in [0.15, 0.2) is 16.6 Å². The topological polar surface area (TPSA) is 134 Å². The first-order valence-electron chi connectivity index (χ1n) is 13.1. The number of rotatable bonds is 12. The maximum atomic E-state index is 13.8. The van der Waals surface area contributed by atoms with Crippen LogP contribution in [-0.4, -0.2) is 64.6 Å². The van der Waals surface area contributed by atoms with Crippen molar-refractivity contribution in [1.82, 2.24) is 14.9 Å². The predicted octanol–water partition coefficient (Wildman–Crippen LogP) is 5.40. The van der Waals surface area contributed by atoms with Crippen LogP contribution in [0.5, 0.6) is 11.5 Å². The Bertz CT molecular complexity index is 1570. The van der Waals surface area contributed by atoms with E-state index in [0.717, 1.165) is 16.9 Å². The fourth-order valence-electron chi connectivity index (χ4n) is 4.47. The number of aromatic nitrogens is 2.